The number of azo groups is 1. The van der Waals surface area contributed by atoms with E-state index < -0.39 is 111 Å². The van der Waals surface area contributed by atoms with Crippen molar-refractivity contribution in [3.63, 3.8) is 0 Å². The molecule has 26 heteroatoms. The first kappa shape index (κ1) is 41.9. The van der Waals surface area contributed by atoms with Crippen LogP contribution in [0.2, 0.25) is 5.28 Å². The third-order valence-corrected chi connectivity index (χ3v) is 11.3. The molecule has 5 rings (SSSR count). The molecule has 5 aromatic rings. The number of phenolic OH excluding ortho intramolecular Hbond substituents is 1. The second-order valence-electron chi connectivity index (χ2n) is 11.3. The molecule has 0 saturated heterocycles. The van der Waals surface area contributed by atoms with Crippen molar-refractivity contribution >= 4 is 104 Å². The molecule has 0 bridgehead atoms. The zero-order valence-electron chi connectivity index (χ0n) is 28.2. The molecule has 296 valence electrons. The number of nitrogens with zero attached hydrogens (tertiary/aromatic N) is 6. The second kappa shape index (κ2) is 15.0. The maximum Gasteiger partial charge on any atom is 0.298 e. The smallest absolute Gasteiger partial charge is 0.298 e. The Bertz CT molecular complexity index is 2970. The van der Waals surface area contributed by atoms with Crippen molar-refractivity contribution < 1.29 is 61.4 Å². The van der Waals surface area contributed by atoms with E-state index in [-0.39, 0.29) is 17.3 Å². The highest BCUT2D eigenvalue weighted by Crippen LogP contribution is 2.46. The van der Waals surface area contributed by atoms with Gasteiger partial charge < -0.3 is 15.3 Å². The van der Waals surface area contributed by atoms with Gasteiger partial charge in [-0.1, -0.05) is 24.8 Å². The van der Waals surface area contributed by atoms with Gasteiger partial charge in [-0.3, -0.25) is 18.2 Å². The fraction of sp³-hybridized carbons (Fsp3) is 0.100. The molecule has 1 heterocycles. The van der Waals surface area contributed by atoms with E-state index in [1.807, 2.05) is 19.1 Å². The summed E-state index contributed by atoms with van der Waals surface area (Å²) in [6.45, 7) is 7.06. The minimum absolute atomic E-state index is 0.0241. The number of hydrogen-bond donors (Lipinski definition) is 6. The van der Waals surface area contributed by atoms with E-state index in [1.54, 1.807) is 24.0 Å². The summed E-state index contributed by atoms with van der Waals surface area (Å²) < 4.78 is 153. The van der Waals surface area contributed by atoms with Gasteiger partial charge in [0, 0.05) is 29.2 Å². The van der Waals surface area contributed by atoms with Crippen LogP contribution >= 0.6 is 11.6 Å². The Morgan fingerprint density at radius 1 is 0.875 bits per heavy atom. The standard InChI is InChI=1S/C30H25ClFN7O13S4/c1-4-18-26(55(47,48)49)19(32)13-21(27(18)56(50,51)52)37-38-24-22(54(44,45)46)11-15-10-17(53(41,42)43)12-20(23(15)25(24)40)33-29-34-28(31)35-30(36-29)39(5-2)16-8-6-7-14(3)9-16/h4,6-13,40H,1,5H2,2-3H3,(H,41,42,43)(H,44,45,46)(H,47,48,49)(H,50,51,52)(H,33,34,35,36). The summed E-state index contributed by atoms with van der Waals surface area (Å²) in [5.74, 6) is -3.51. The molecule has 0 fully saturated rings. The topological polar surface area (TPSA) is 316 Å². The van der Waals surface area contributed by atoms with Gasteiger partial charge in [-0.15, -0.1) is 10.2 Å². The van der Waals surface area contributed by atoms with Crippen LogP contribution < -0.4 is 10.2 Å². The lowest BCUT2D eigenvalue weighted by molar-refractivity contribution is 0.469. The van der Waals surface area contributed by atoms with Crippen LogP contribution in [0.15, 0.2) is 84.9 Å². The van der Waals surface area contributed by atoms with Gasteiger partial charge in [0.25, 0.3) is 40.5 Å². The number of aromatic hydroxyl groups is 1. The molecule has 0 spiro atoms. The molecule has 0 unspecified atom stereocenters. The van der Waals surface area contributed by atoms with Gasteiger partial charge in [-0.2, -0.15) is 48.6 Å². The molecule has 0 aliphatic rings. The largest absolute Gasteiger partial charge is 0.505 e. The van der Waals surface area contributed by atoms with E-state index in [2.05, 4.69) is 37.1 Å². The third kappa shape index (κ3) is 8.59. The minimum atomic E-state index is -5.58. The van der Waals surface area contributed by atoms with Gasteiger partial charge >= 0.3 is 0 Å². The number of hydrogen-bond acceptors (Lipinski definition) is 16. The van der Waals surface area contributed by atoms with Crippen LogP contribution in [0.5, 0.6) is 5.75 Å². The molecule has 20 nitrogen and oxygen atoms in total. The molecule has 0 saturated carbocycles. The number of aromatic nitrogens is 3. The molecule has 0 atom stereocenters. The quantitative estimate of drug-likeness (QED) is 0.0639. The number of aryl methyl sites for hydroxylation is 1. The maximum atomic E-state index is 15.0. The predicted molar refractivity (Wildman–Crippen MR) is 198 cm³/mol. The van der Waals surface area contributed by atoms with Gasteiger partial charge in [0.1, 0.15) is 31.9 Å². The van der Waals surface area contributed by atoms with Crippen molar-refractivity contribution in [2.45, 2.75) is 33.4 Å². The molecule has 6 N–H and O–H groups in total. The van der Waals surface area contributed by atoms with E-state index in [1.165, 1.54) is 0 Å². The third-order valence-electron chi connectivity index (χ3n) is 7.59. The molecule has 0 aliphatic heterocycles. The molecule has 0 amide bonds. The van der Waals surface area contributed by atoms with Gasteiger partial charge in [0.05, 0.1) is 10.6 Å². The lowest BCUT2D eigenvalue weighted by Crippen LogP contribution is -2.20. The van der Waals surface area contributed by atoms with Crippen molar-refractivity contribution in [2.75, 3.05) is 16.8 Å². The first-order valence-corrected chi connectivity index (χ1v) is 21.2. The normalized spacial score (nSPS) is 12.6. The molecule has 1 aromatic heterocycles. The highest BCUT2D eigenvalue weighted by atomic mass is 35.5. The van der Waals surface area contributed by atoms with Crippen molar-refractivity contribution in [2.24, 2.45) is 10.2 Å². The SMILES string of the molecule is C=Cc1c(S(=O)(=O)O)c(F)cc(N=Nc2c(S(=O)(=O)O)cc3cc(S(=O)(=O)O)cc(Nc4nc(Cl)nc(N(CC)c5cccc(C)c5)n4)c3c2O)c1S(=O)(=O)O. The van der Waals surface area contributed by atoms with Crippen LogP contribution in [0.25, 0.3) is 16.8 Å². The Hall–Kier alpha value is -5.25. The van der Waals surface area contributed by atoms with Crippen LogP contribution in [-0.4, -0.2) is 78.5 Å². The van der Waals surface area contributed by atoms with Crippen LogP contribution in [0, 0.1) is 12.7 Å². The Balaban J connectivity index is 1.81. The summed E-state index contributed by atoms with van der Waals surface area (Å²) >= 11 is 6.22. The van der Waals surface area contributed by atoms with Crippen molar-refractivity contribution in [3.05, 3.63) is 77.3 Å². The monoisotopic (exact) mass is 873 g/mol. The van der Waals surface area contributed by atoms with E-state index in [0.29, 0.717) is 30.4 Å². The summed E-state index contributed by atoms with van der Waals surface area (Å²) in [5, 5.41) is 19.6. The summed E-state index contributed by atoms with van der Waals surface area (Å²) in [4.78, 5) is 8.72. The van der Waals surface area contributed by atoms with E-state index in [0.717, 1.165) is 11.6 Å². The number of rotatable bonds is 12. The van der Waals surface area contributed by atoms with Crippen LogP contribution in [0.4, 0.5) is 39.0 Å². The van der Waals surface area contributed by atoms with Gasteiger partial charge in [-0.05, 0) is 66.7 Å². The lowest BCUT2D eigenvalue weighted by Gasteiger charge is -2.22. The lowest BCUT2D eigenvalue weighted by atomic mass is 10.1. The van der Waals surface area contributed by atoms with E-state index >= 15 is 4.39 Å². The maximum absolute atomic E-state index is 15.0. The summed E-state index contributed by atoms with van der Waals surface area (Å²) in [5.41, 5.74) is -2.63. The average Bonchev–Trinajstić information content (AvgIpc) is 3.05. The number of nitrogens with one attached hydrogen (secondary N) is 1. The number of fused-ring (bicyclic) bond motifs is 1. The molecular formula is C30H25ClFN7O13S4. The van der Waals surface area contributed by atoms with Crippen molar-refractivity contribution in [1.29, 1.82) is 0 Å². The fourth-order valence-electron chi connectivity index (χ4n) is 5.39. The number of anilines is 4. The van der Waals surface area contributed by atoms with Gasteiger partial charge in [0.2, 0.25) is 17.2 Å². The zero-order chi connectivity index (χ0) is 41.7. The molecule has 0 radical (unpaired) electrons. The van der Waals surface area contributed by atoms with Crippen LogP contribution in [-0.2, 0) is 40.5 Å². The highest BCUT2D eigenvalue weighted by molar-refractivity contribution is 7.87. The van der Waals surface area contributed by atoms with Gasteiger partial charge in [-0.25, -0.2) is 4.39 Å². The van der Waals surface area contributed by atoms with Crippen molar-refractivity contribution in [3.8, 4) is 5.75 Å². The Morgan fingerprint density at radius 2 is 1.54 bits per heavy atom. The van der Waals surface area contributed by atoms with Crippen molar-refractivity contribution in [1.82, 2.24) is 15.0 Å². The summed E-state index contributed by atoms with van der Waals surface area (Å²) in [7, 11) is -21.7. The summed E-state index contributed by atoms with van der Waals surface area (Å²) in [6.07, 6.45) is 0.426. The van der Waals surface area contributed by atoms with E-state index in [9.17, 15) is 57.0 Å². The minimum Gasteiger partial charge on any atom is -0.505 e. The average molecular weight is 874 g/mol. The molecular weight excluding hydrogens is 849 g/mol. The number of halogens is 2. The van der Waals surface area contributed by atoms with Gasteiger partial charge in [0.15, 0.2) is 5.75 Å². The Morgan fingerprint density at radius 3 is 2.09 bits per heavy atom. The number of phenols is 1. The Kier molecular flexibility index (Phi) is 11.2. The Labute approximate surface area is 322 Å². The first-order chi connectivity index (χ1) is 25.8. The second-order valence-corrected chi connectivity index (χ2v) is 17.2. The van der Waals surface area contributed by atoms with E-state index in [4.69, 9.17) is 11.6 Å². The first-order valence-electron chi connectivity index (χ1n) is 15.0. The number of benzene rings is 4. The van der Waals surface area contributed by atoms with Crippen LogP contribution in [0.1, 0.15) is 18.1 Å². The molecule has 0 aliphatic carbocycles. The highest BCUT2D eigenvalue weighted by Gasteiger charge is 2.32. The molecule has 4 aromatic carbocycles. The predicted octanol–water partition coefficient (Wildman–Crippen LogP) is 5.78. The molecule has 56 heavy (non-hydrogen) atoms. The fourth-order valence-corrected chi connectivity index (χ4v) is 8.41. The van der Waals surface area contributed by atoms with Crippen LogP contribution in [0.3, 0.4) is 0 Å². The summed E-state index contributed by atoms with van der Waals surface area (Å²) in [6, 6.07) is 9.23. The zero-order valence-corrected chi connectivity index (χ0v) is 32.2.